The van der Waals surface area contributed by atoms with Crippen molar-refractivity contribution in [3.05, 3.63) is 53.1 Å². The molecule has 0 aliphatic carbocycles. The summed E-state index contributed by atoms with van der Waals surface area (Å²) in [6.07, 6.45) is 0. The van der Waals surface area contributed by atoms with E-state index in [9.17, 15) is 4.79 Å². The molecular formula is C16H16ClNO3. The Balaban J connectivity index is 2.43. The minimum atomic E-state index is -0.414. The molecule has 0 unspecified atom stereocenters. The minimum absolute atomic E-state index is 0.380. The van der Waals surface area contributed by atoms with Crippen LogP contribution in [-0.2, 0) is 4.74 Å². The maximum atomic E-state index is 11.8. The molecule has 2 aromatic carbocycles. The van der Waals surface area contributed by atoms with E-state index in [1.807, 2.05) is 18.2 Å². The smallest absolute Gasteiger partial charge is 0.338 e. The van der Waals surface area contributed by atoms with Crippen molar-refractivity contribution in [1.82, 2.24) is 0 Å². The number of hydrogen-bond acceptors (Lipinski definition) is 4. The van der Waals surface area contributed by atoms with Gasteiger partial charge in [0, 0.05) is 11.6 Å². The minimum Gasteiger partial charge on any atom is -0.492 e. The second-order valence-electron chi connectivity index (χ2n) is 4.38. The van der Waals surface area contributed by atoms with E-state index in [0.29, 0.717) is 29.5 Å². The maximum Gasteiger partial charge on any atom is 0.338 e. The zero-order valence-corrected chi connectivity index (χ0v) is 12.4. The van der Waals surface area contributed by atoms with Gasteiger partial charge < -0.3 is 15.2 Å². The van der Waals surface area contributed by atoms with Crippen LogP contribution in [0.3, 0.4) is 0 Å². The Kier molecular flexibility index (Phi) is 5.20. The molecule has 0 saturated carbocycles. The molecule has 0 saturated heterocycles. The molecule has 2 rings (SSSR count). The molecular weight excluding hydrogens is 290 g/mol. The first-order valence-corrected chi connectivity index (χ1v) is 6.84. The van der Waals surface area contributed by atoms with Crippen molar-refractivity contribution in [3.8, 4) is 16.9 Å². The van der Waals surface area contributed by atoms with Gasteiger partial charge in [-0.05, 0) is 41.5 Å². The number of esters is 1. The zero-order chi connectivity index (χ0) is 15.2. The molecule has 0 aliphatic heterocycles. The average molecular weight is 306 g/mol. The van der Waals surface area contributed by atoms with Crippen LogP contribution in [0.4, 0.5) is 0 Å². The Bertz CT molecular complexity index is 626. The van der Waals surface area contributed by atoms with Crippen LogP contribution in [0.25, 0.3) is 11.1 Å². The van der Waals surface area contributed by atoms with Crippen molar-refractivity contribution in [1.29, 1.82) is 0 Å². The summed E-state index contributed by atoms with van der Waals surface area (Å²) >= 11 is 5.89. The first kappa shape index (κ1) is 15.4. The van der Waals surface area contributed by atoms with Gasteiger partial charge in [-0.1, -0.05) is 23.7 Å². The Labute approximate surface area is 128 Å². The highest BCUT2D eigenvalue weighted by atomic mass is 35.5. The van der Waals surface area contributed by atoms with Crippen molar-refractivity contribution < 1.29 is 14.3 Å². The molecule has 0 spiro atoms. The van der Waals surface area contributed by atoms with E-state index in [4.69, 9.17) is 26.8 Å². The number of ether oxygens (including phenoxy) is 2. The highest BCUT2D eigenvalue weighted by Crippen LogP contribution is 2.27. The standard InChI is InChI=1S/C16H16ClNO3/c1-20-16(19)13-8-12(9-15(10-13)21-7-6-18)11-2-4-14(17)5-3-11/h2-5,8-10H,6-7,18H2,1H3. The molecule has 0 aliphatic rings. The third kappa shape index (κ3) is 3.97. The van der Waals surface area contributed by atoms with Crippen LogP contribution < -0.4 is 10.5 Å². The van der Waals surface area contributed by atoms with Crippen LogP contribution in [0.15, 0.2) is 42.5 Å². The third-order valence-corrected chi connectivity index (χ3v) is 3.14. The van der Waals surface area contributed by atoms with Crippen molar-refractivity contribution >= 4 is 17.6 Å². The number of carbonyl (C=O) groups is 1. The largest absolute Gasteiger partial charge is 0.492 e. The molecule has 0 aromatic heterocycles. The summed E-state index contributed by atoms with van der Waals surface area (Å²) < 4.78 is 10.3. The monoisotopic (exact) mass is 305 g/mol. The van der Waals surface area contributed by atoms with E-state index in [2.05, 4.69) is 0 Å². The number of halogens is 1. The third-order valence-electron chi connectivity index (χ3n) is 2.89. The molecule has 2 N–H and O–H groups in total. The first-order chi connectivity index (χ1) is 10.1. The van der Waals surface area contributed by atoms with E-state index in [-0.39, 0.29) is 0 Å². The molecule has 2 aromatic rings. The highest BCUT2D eigenvalue weighted by Gasteiger charge is 2.11. The Hall–Kier alpha value is -2.04. The Morgan fingerprint density at radius 3 is 2.48 bits per heavy atom. The van der Waals surface area contributed by atoms with Crippen molar-refractivity contribution in [2.24, 2.45) is 5.73 Å². The van der Waals surface area contributed by atoms with Gasteiger partial charge in [0.2, 0.25) is 0 Å². The van der Waals surface area contributed by atoms with E-state index >= 15 is 0 Å². The lowest BCUT2D eigenvalue weighted by atomic mass is 10.0. The predicted octanol–water partition coefficient (Wildman–Crippen LogP) is 3.13. The van der Waals surface area contributed by atoms with Crippen LogP contribution in [0.5, 0.6) is 5.75 Å². The SMILES string of the molecule is COC(=O)c1cc(OCCN)cc(-c2ccc(Cl)cc2)c1. The summed E-state index contributed by atoms with van der Waals surface area (Å²) in [5.41, 5.74) is 7.64. The normalized spacial score (nSPS) is 10.2. The molecule has 0 atom stereocenters. The van der Waals surface area contributed by atoms with Gasteiger partial charge in [0.25, 0.3) is 0 Å². The van der Waals surface area contributed by atoms with E-state index in [0.717, 1.165) is 11.1 Å². The zero-order valence-electron chi connectivity index (χ0n) is 11.6. The Morgan fingerprint density at radius 2 is 1.86 bits per heavy atom. The van der Waals surface area contributed by atoms with Crippen LogP contribution in [0.2, 0.25) is 5.02 Å². The lowest BCUT2D eigenvalue weighted by Gasteiger charge is -2.10. The number of hydrogen-bond donors (Lipinski definition) is 1. The average Bonchev–Trinajstić information content (AvgIpc) is 2.52. The van der Waals surface area contributed by atoms with E-state index < -0.39 is 5.97 Å². The van der Waals surface area contributed by atoms with Gasteiger partial charge in [-0.3, -0.25) is 0 Å². The molecule has 110 valence electrons. The van der Waals surface area contributed by atoms with Crippen LogP contribution in [0.1, 0.15) is 10.4 Å². The molecule has 21 heavy (non-hydrogen) atoms. The number of benzene rings is 2. The van der Waals surface area contributed by atoms with Gasteiger partial charge in [-0.25, -0.2) is 4.79 Å². The number of rotatable bonds is 5. The lowest BCUT2D eigenvalue weighted by molar-refractivity contribution is 0.0600. The van der Waals surface area contributed by atoms with Crippen molar-refractivity contribution in [2.45, 2.75) is 0 Å². The van der Waals surface area contributed by atoms with Crippen LogP contribution in [0, 0.1) is 0 Å². The summed E-state index contributed by atoms with van der Waals surface area (Å²) in [7, 11) is 1.34. The highest BCUT2D eigenvalue weighted by molar-refractivity contribution is 6.30. The first-order valence-electron chi connectivity index (χ1n) is 6.46. The van der Waals surface area contributed by atoms with Gasteiger partial charge in [-0.2, -0.15) is 0 Å². The molecule has 0 bridgehead atoms. The fourth-order valence-electron chi connectivity index (χ4n) is 1.90. The fraction of sp³-hybridized carbons (Fsp3) is 0.188. The molecule has 0 fully saturated rings. The summed E-state index contributed by atoms with van der Waals surface area (Å²) in [6.45, 7) is 0.781. The predicted molar refractivity (Wildman–Crippen MR) is 82.8 cm³/mol. The summed E-state index contributed by atoms with van der Waals surface area (Å²) in [5, 5.41) is 0.655. The lowest BCUT2D eigenvalue weighted by Crippen LogP contribution is -2.11. The second-order valence-corrected chi connectivity index (χ2v) is 4.82. The summed E-state index contributed by atoms with van der Waals surface area (Å²) in [6, 6.07) is 12.6. The van der Waals surface area contributed by atoms with Gasteiger partial charge in [0.1, 0.15) is 12.4 Å². The maximum absolute atomic E-state index is 11.8. The van der Waals surface area contributed by atoms with Gasteiger partial charge in [0.05, 0.1) is 12.7 Å². The van der Waals surface area contributed by atoms with Gasteiger partial charge >= 0.3 is 5.97 Å². The quantitative estimate of drug-likeness (QED) is 0.862. The molecule has 0 heterocycles. The summed E-state index contributed by atoms with van der Waals surface area (Å²) in [5.74, 6) is 0.164. The Morgan fingerprint density at radius 1 is 1.14 bits per heavy atom. The number of carbonyl (C=O) groups excluding carboxylic acids is 1. The molecule has 0 amide bonds. The van der Waals surface area contributed by atoms with Crippen LogP contribution in [-0.4, -0.2) is 26.2 Å². The second kappa shape index (κ2) is 7.11. The molecule has 4 nitrogen and oxygen atoms in total. The number of methoxy groups -OCH3 is 1. The summed E-state index contributed by atoms with van der Waals surface area (Å²) in [4.78, 5) is 11.8. The van der Waals surface area contributed by atoms with Gasteiger partial charge in [-0.15, -0.1) is 0 Å². The topological polar surface area (TPSA) is 61.5 Å². The fourth-order valence-corrected chi connectivity index (χ4v) is 2.03. The van der Waals surface area contributed by atoms with Gasteiger partial charge in [0.15, 0.2) is 0 Å². The molecule has 0 radical (unpaired) electrons. The molecule has 5 heteroatoms. The van der Waals surface area contributed by atoms with E-state index in [1.165, 1.54) is 7.11 Å². The van der Waals surface area contributed by atoms with Crippen molar-refractivity contribution in [2.75, 3.05) is 20.3 Å². The van der Waals surface area contributed by atoms with Crippen LogP contribution >= 0.6 is 11.6 Å². The number of nitrogens with two attached hydrogens (primary N) is 1. The van der Waals surface area contributed by atoms with E-state index in [1.54, 1.807) is 24.3 Å². The van der Waals surface area contributed by atoms with Crippen molar-refractivity contribution in [3.63, 3.8) is 0 Å².